The van der Waals surface area contributed by atoms with Crippen molar-refractivity contribution >= 4 is 17.8 Å². The summed E-state index contributed by atoms with van der Waals surface area (Å²) >= 11 is 0. The van der Waals surface area contributed by atoms with Crippen LogP contribution in [0.2, 0.25) is 0 Å². The maximum absolute atomic E-state index is 13.1. The van der Waals surface area contributed by atoms with Crippen LogP contribution < -0.4 is 20.1 Å². The number of carbonyl (C=O) groups excluding carboxylic acids is 2. The Balaban J connectivity index is 1.53. The van der Waals surface area contributed by atoms with Crippen LogP contribution in [0.4, 0.5) is 19.1 Å². The molecule has 2 amide bonds. The summed E-state index contributed by atoms with van der Waals surface area (Å²) in [6.45, 7) is 6.46. The smallest absolute Gasteiger partial charge is 0.422 e. The lowest BCUT2D eigenvalue weighted by atomic mass is 9.94. The first-order valence-electron chi connectivity index (χ1n) is 14.9. The summed E-state index contributed by atoms with van der Waals surface area (Å²) in [5.74, 6) is 0.775. The predicted molar refractivity (Wildman–Crippen MR) is 162 cm³/mol. The Morgan fingerprint density at radius 1 is 0.911 bits per heavy atom. The van der Waals surface area contributed by atoms with E-state index < -0.39 is 24.2 Å². The van der Waals surface area contributed by atoms with Crippen molar-refractivity contribution in [3.63, 3.8) is 0 Å². The summed E-state index contributed by atoms with van der Waals surface area (Å²) in [7, 11) is 0. The van der Waals surface area contributed by atoms with Crippen molar-refractivity contribution in [2.24, 2.45) is 5.41 Å². The second kappa shape index (κ2) is 15.0. The Hall–Kier alpha value is -4.42. The van der Waals surface area contributed by atoms with Crippen LogP contribution in [-0.4, -0.2) is 70.7 Å². The van der Waals surface area contributed by atoms with Crippen molar-refractivity contribution < 1.29 is 32.2 Å². The minimum atomic E-state index is -4.55. The molecule has 6 bridgehead atoms. The number of rotatable bonds is 2. The average molecular weight is 629 g/mol. The number of ether oxygens (including phenoxy) is 2. The first-order chi connectivity index (χ1) is 21.4. The fraction of sp³-hybridized carbons (Fsp3) is 0.469. The number of anilines is 1. The summed E-state index contributed by atoms with van der Waals surface area (Å²) < 4.78 is 49.2. The van der Waals surface area contributed by atoms with Crippen molar-refractivity contribution in [3.8, 4) is 11.8 Å². The molecule has 2 N–H and O–H groups in total. The van der Waals surface area contributed by atoms with Crippen molar-refractivity contribution in [2.75, 3.05) is 38.2 Å². The van der Waals surface area contributed by atoms with Crippen LogP contribution in [0.1, 0.15) is 67.3 Å². The van der Waals surface area contributed by atoms with Crippen LogP contribution in [-0.2, 0) is 17.8 Å². The largest absolute Gasteiger partial charge is 0.494 e. The number of halogens is 3. The van der Waals surface area contributed by atoms with Gasteiger partial charge in [-0.05, 0) is 54.7 Å². The second-order valence-corrected chi connectivity index (χ2v) is 11.8. The van der Waals surface area contributed by atoms with Crippen molar-refractivity contribution in [3.05, 3.63) is 71.0 Å². The molecule has 13 heteroatoms. The molecule has 0 fully saturated rings. The zero-order valence-corrected chi connectivity index (χ0v) is 25.7. The van der Waals surface area contributed by atoms with Gasteiger partial charge in [-0.25, -0.2) is 0 Å². The number of hydrogen-bond acceptors (Lipinski definition) is 8. The van der Waals surface area contributed by atoms with Crippen LogP contribution in [0.15, 0.2) is 48.5 Å². The van der Waals surface area contributed by atoms with Gasteiger partial charge in [0.2, 0.25) is 11.9 Å². The topological polar surface area (TPSA) is 119 Å². The SMILES string of the molecule is CC(C)(C)C(=O)N1CCCCOc2ccc(cc2)CNc2nc(nc(OCC(F)(F)F)n2)Cc2ccc(cc2)C(=O)NCCC1. The molecule has 3 aliphatic heterocycles. The van der Waals surface area contributed by atoms with Gasteiger partial charge in [-0.1, -0.05) is 45.0 Å². The normalized spacial score (nSPS) is 15.7. The summed E-state index contributed by atoms with van der Waals surface area (Å²) in [5.41, 5.74) is 1.55. The number of hydrogen-bond donors (Lipinski definition) is 2. The standard InChI is InChI=1S/C32H39F3N6O4/c1-31(2,3)28(43)41-16-4-5-18-44-25-13-9-23(10-14-25)20-37-29-38-26(39-30(40-29)45-21-32(33,34)35)19-22-7-11-24(12-8-22)27(42)36-15-6-17-41/h7-14H,4-6,15-21H2,1-3H3,(H,36,42)(H,37,38,39,40). The number of carbonyl (C=O) groups is 2. The van der Waals surface area contributed by atoms with E-state index >= 15 is 0 Å². The Morgan fingerprint density at radius 2 is 1.60 bits per heavy atom. The zero-order chi connectivity index (χ0) is 32.5. The molecule has 4 heterocycles. The number of amides is 2. The lowest BCUT2D eigenvalue weighted by Crippen LogP contribution is -2.41. The number of nitrogens with zero attached hydrogens (tertiary/aromatic N) is 4. The van der Waals surface area contributed by atoms with Crippen LogP contribution in [0.3, 0.4) is 0 Å². The quantitative estimate of drug-likeness (QED) is 0.399. The van der Waals surface area contributed by atoms with E-state index in [1.54, 1.807) is 24.3 Å². The van der Waals surface area contributed by atoms with Gasteiger partial charge in [0.25, 0.3) is 5.91 Å². The molecule has 0 spiro atoms. The van der Waals surface area contributed by atoms with E-state index in [0.717, 1.165) is 24.0 Å². The number of aromatic nitrogens is 3. The third-order valence-corrected chi connectivity index (χ3v) is 6.89. The molecule has 6 rings (SSSR count). The van der Waals surface area contributed by atoms with E-state index in [0.29, 0.717) is 50.5 Å². The molecular formula is C32H39F3N6O4. The Labute approximate surface area is 260 Å². The van der Waals surface area contributed by atoms with Crippen molar-refractivity contribution in [1.82, 2.24) is 25.2 Å². The number of nitrogens with one attached hydrogen (secondary N) is 2. The summed E-state index contributed by atoms with van der Waals surface area (Å²) in [4.78, 5) is 40.1. The highest BCUT2D eigenvalue weighted by atomic mass is 19.4. The lowest BCUT2D eigenvalue weighted by Gasteiger charge is -2.29. The summed E-state index contributed by atoms with van der Waals surface area (Å²) in [6, 6.07) is 13.8. The van der Waals surface area contributed by atoms with Crippen molar-refractivity contribution in [2.45, 2.75) is 59.2 Å². The van der Waals surface area contributed by atoms with Gasteiger partial charge in [-0.15, -0.1) is 0 Å². The predicted octanol–water partition coefficient (Wildman–Crippen LogP) is 5.18. The third kappa shape index (κ3) is 10.9. The highest BCUT2D eigenvalue weighted by molar-refractivity contribution is 5.94. The molecule has 0 atom stereocenters. The first-order valence-corrected chi connectivity index (χ1v) is 14.9. The summed E-state index contributed by atoms with van der Waals surface area (Å²) in [6.07, 6.45) is -2.26. The highest BCUT2D eigenvalue weighted by Gasteiger charge is 2.29. The molecule has 3 aliphatic rings. The minimum Gasteiger partial charge on any atom is -0.494 e. The Kier molecular flexibility index (Phi) is 11.2. The molecule has 1 aromatic heterocycles. The molecule has 45 heavy (non-hydrogen) atoms. The van der Waals surface area contributed by atoms with Gasteiger partial charge in [0.05, 0.1) is 6.61 Å². The van der Waals surface area contributed by atoms with Gasteiger partial charge in [0.1, 0.15) is 11.6 Å². The van der Waals surface area contributed by atoms with Crippen LogP contribution in [0.5, 0.6) is 11.8 Å². The number of alkyl halides is 3. The minimum absolute atomic E-state index is 0.0651. The number of fused-ring (bicyclic) bond motifs is 2. The second-order valence-electron chi connectivity index (χ2n) is 11.8. The molecule has 3 aromatic rings. The van der Waals surface area contributed by atoms with Gasteiger partial charge in [-0.3, -0.25) is 9.59 Å². The van der Waals surface area contributed by atoms with E-state index in [2.05, 4.69) is 25.6 Å². The Morgan fingerprint density at radius 3 is 2.29 bits per heavy atom. The van der Waals surface area contributed by atoms with Gasteiger partial charge in [0.15, 0.2) is 6.61 Å². The monoisotopic (exact) mass is 628 g/mol. The number of benzene rings is 2. The van der Waals surface area contributed by atoms with Gasteiger partial charge < -0.3 is 25.0 Å². The lowest BCUT2D eigenvalue weighted by molar-refractivity contribution is -0.154. The molecule has 0 saturated carbocycles. The molecule has 242 valence electrons. The maximum Gasteiger partial charge on any atom is 0.422 e. The van der Waals surface area contributed by atoms with E-state index in [1.165, 1.54) is 0 Å². The van der Waals surface area contributed by atoms with E-state index in [9.17, 15) is 22.8 Å². The first kappa shape index (κ1) is 33.5. The fourth-order valence-electron chi connectivity index (χ4n) is 4.57. The molecule has 2 aromatic carbocycles. The molecule has 0 aliphatic carbocycles. The summed E-state index contributed by atoms with van der Waals surface area (Å²) in [5, 5.41) is 5.93. The maximum atomic E-state index is 13.1. The Bertz CT molecular complexity index is 1430. The molecular weight excluding hydrogens is 589 g/mol. The molecule has 0 radical (unpaired) electrons. The molecule has 10 nitrogen and oxygen atoms in total. The van der Waals surface area contributed by atoms with Crippen LogP contribution in [0.25, 0.3) is 0 Å². The molecule has 0 saturated heterocycles. The average Bonchev–Trinajstić information content (AvgIpc) is 2.99. The van der Waals surface area contributed by atoms with Crippen LogP contribution in [0, 0.1) is 5.41 Å². The van der Waals surface area contributed by atoms with Crippen LogP contribution >= 0.6 is 0 Å². The highest BCUT2D eigenvalue weighted by Crippen LogP contribution is 2.20. The van der Waals surface area contributed by atoms with E-state index in [4.69, 9.17) is 9.47 Å². The third-order valence-electron chi connectivity index (χ3n) is 6.89. The fourth-order valence-corrected chi connectivity index (χ4v) is 4.57. The van der Waals surface area contributed by atoms with E-state index in [1.807, 2.05) is 49.9 Å². The van der Waals surface area contributed by atoms with Crippen molar-refractivity contribution in [1.29, 1.82) is 0 Å². The van der Waals surface area contributed by atoms with Gasteiger partial charge in [-0.2, -0.15) is 28.1 Å². The van der Waals surface area contributed by atoms with E-state index in [-0.39, 0.29) is 30.0 Å². The molecule has 0 unspecified atom stereocenters. The van der Waals surface area contributed by atoms with Gasteiger partial charge >= 0.3 is 12.2 Å². The van der Waals surface area contributed by atoms with Gasteiger partial charge in [0, 0.05) is 43.6 Å². The zero-order valence-electron chi connectivity index (χ0n) is 25.7.